The van der Waals surface area contributed by atoms with Crippen LogP contribution in [0, 0.1) is 0 Å². The summed E-state index contributed by atoms with van der Waals surface area (Å²) >= 11 is 1.55. The van der Waals surface area contributed by atoms with E-state index in [9.17, 15) is 14.7 Å². The van der Waals surface area contributed by atoms with E-state index in [1.54, 1.807) is 11.8 Å². The zero-order valence-corrected chi connectivity index (χ0v) is 13.6. The topological polar surface area (TPSA) is 78.9 Å². The molecular formula is C14H24N2O4S. The third kappa shape index (κ3) is 3.29. The van der Waals surface area contributed by atoms with E-state index in [1.807, 2.05) is 20.8 Å². The quantitative estimate of drug-likeness (QED) is 0.828. The Morgan fingerprint density at radius 3 is 2.76 bits per heavy atom. The molecule has 2 rings (SSSR count). The van der Waals surface area contributed by atoms with Crippen molar-refractivity contribution in [1.82, 2.24) is 10.2 Å². The average molecular weight is 316 g/mol. The van der Waals surface area contributed by atoms with Crippen molar-refractivity contribution in [3.63, 3.8) is 0 Å². The van der Waals surface area contributed by atoms with E-state index in [4.69, 9.17) is 4.74 Å². The number of thioether (sulfide) groups is 1. The van der Waals surface area contributed by atoms with Gasteiger partial charge in [-0.15, -0.1) is 11.8 Å². The van der Waals surface area contributed by atoms with Crippen molar-refractivity contribution in [3.8, 4) is 0 Å². The zero-order valence-electron chi connectivity index (χ0n) is 12.8. The summed E-state index contributed by atoms with van der Waals surface area (Å²) in [4.78, 5) is 25.5. The van der Waals surface area contributed by atoms with Crippen molar-refractivity contribution in [2.75, 3.05) is 12.4 Å². The van der Waals surface area contributed by atoms with Gasteiger partial charge in [-0.3, -0.25) is 4.90 Å². The van der Waals surface area contributed by atoms with Crippen LogP contribution in [0.25, 0.3) is 0 Å². The molecule has 2 amide bonds. The highest BCUT2D eigenvalue weighted by molar-refractivity contribution is 8.00. The van der Waals surface area contributed by atoms with E-state index in [2.05, 4.69) is 5.32 Å². The number of hydrogen-bond acceptors (Lipinski definition) is 4. The highest BCUT2D eigenvalue weighted by Gasteiger charge is 2.45. The maximum atomic E-state index is 12.6. The van der Waals surface area contributed by atoms with Gasteiger partial charge >= 0.3 is 12.0 Å². The van der Waals surface area contributed by atoms with Crippen LogP contribution >= 0.6 is 11.8 Å². The van der Waals surface area contributed by atoms with Crippen LogP contribution in [-0.2, 0) is 9.53 Å². The third-order valence-electron chi connectivity index (χ3n) is 4.43. The molecule has 0 aromatic rings. The van der Waals surface area contributed by atoms with Crippen molar-refractivity contribution in [3.05, 3.63) is 0 Å². The van der Waals surface area contributed by atoms with Crippen LogP contribution in [0.2, 0.25) is 0 Å². The highest BCUT2D eigenvalue weighted by atomic mass is 32.2. The molecule has 4 unspecified atom stereocenters. The van der Waals surface area contributed by atoms with E-state index >= 15 is 0 Å². The number of ether oxygens (including phenoxy) is 1. The monoisotopic (exact) mass is 316 g/mol. The molecule has 0 saturated carbocycles. The number of amides is 2. The molecule has 7 heteroatoms. The number of nitrogens with one attached hydrogen (secondary N) is 1. The van der Waals surface area contributed by atoms with E-state index in [1.165, 1.54) is 4.90 Å². The number of rotatable bonds is 4. The van der Waals surface area contributed by atoms with Crippen molar-refractivity contribution < 1.29 is 19.4 Å². The number of aliphatic carboxylic acids is 1. The van der Waals surface area contributed by atoms with Gasteiger partial charge in [0.05, 0.1) is 17.0 Å². The van der Waals surface area contributed by atoms with Crippen molar-refractivity contribution in [2.24, 2.45) is 0 Å². The van der Waals surface area contributed by atoms with Gasteiger partial charge in [-0.05, 0) is 26.7 Å². The molecule has 0 aromatic heterocycles. The lowest BCUT2D eigenvalue weighted by molar-refractivity contribution is -0.141. The van der Waals surface area contributed by atoms with E-state index in [-0.39, 0.29) is 17.5 Å². The second-order valence-electron chi connectivity index (χ2n) is 5.95. The molecule has 0 aliphatic carbocycles. The van der Waals surface area contributed by atoms with Gasteiger partial charge in [-0.25, -0.2) is 9.59 Å². The largest absolute Gasteiger partial charge is 0.480 e. The van der Waals surface area contributed by atoms with Crippen LogP contribution in [0.15, 0.2) is 0 Å². The number of urea groups is 1. The number of carbonyl (C=O) groups is 2. The Labute approximate surface area is 129 Å². The normalized spacial score (nSPS) is 36.0. The van der Waals surface area contributed by atoms with Gasteiger partial charge in [0.15, 0.2) is 0 Å². The molecule has 2 N–H and O–H groups in total. The Kier molecular flexibility index (Phi) is 5.03. The Balaban J connectivity index is 2.11. The molecular weight excluding hydrogens is 292 g/mol. The molecule has 0 radical (unpaired) electrons. The Bertz CT molecular complexity index is 420. The summed E-state index contributed by atoms with van der Waals surface area (Å²) in [5, 5.41) is 12.3. The number of carboxylic acid groups (broad SMARTS) is 1. The average Bonchev–Trinajstić information content (AvgIpc) is 2.95. The van der Waals surface area contributed by atoms with Crippen molar-refractivity contribution in [2.45, 2.75) is 63.1 Å². The van der Waals surface area contributed by atoms with Crippen molar-refractivity contribution >= 4 is 23.8 Å². The maximum Gasteiger partial charge on any atom is 0.327 e. The zero-order chi connectivity index (χ0) is 15.6. The summed E-state index contributed by atoms with van der Waals surface area (Å²) in [6, 6.07) is -1.03. The second-order valence-corrected chi connectivity index (χ2v) is 7.16. The van der Waals surface area contributed by atoms with Gasteiger partial charge in [0.2, 0.25) is 0 Å². The smallest absolute Gasteiger partial charge is 0.327 e. The Morgan fingerprint density at radius 2 is 2.24 bits per heavy atom. The number of carbonyl (C=O) groups excluding carboxylic acids is 1. The lowest BCUT2D eigenvalue weighted by Crippen LogP contribution is -2.58. The fraction of sp³-hybridized carbons (Fsp3) is 0.857. The van der Waals surface area contributed by atoms with Gasteiger partial charge in [-0.1, -0.05) is 13.3 Å². The van der Waals surface area contributed by atoms with Gasteiger partial charge < -0.3 is 15.2 Å². The Hall–Kier alpha value is -0.950. The first-order valence-electron chi connectivity index (χ1n) is 7.45. The van der Waals surface area contributed by atoms with E-state index in [0.717, 1.165) is 19.3 Å². The van der Waals surface area contributed by atoms with Crippen LogP contribution in [0.3, 0.4) is 0 Å². The van der Waals surface area contributed by atoms with E-state index < -0.39 is 17.6 Å². The van der Waals surface area contributed by atoms with Gasteiger partial charge in [0.1, 0.15) is 6.04 Å². The van der Waals surface area contributed by atoms with E-state index in [0.29, 0.717) is 12.4 Å². The standard InChI is InChI=1S/C14H24N2O4S/c1-4-5-11-16(10(8-21-11)12(17)18)13(19)15-14(3)6-7-20-9(14)2/h9-11H,4-8H2,1-3H3,(H,15,19)(H,17,18). The molecule has 0 bridgehead atoms. The minimum absolute atomic E-state index is 0.0580. The molecule has 2 aliphatic heterocycles. The molecule has 4 atom stereocenters. The fourth-order valence-electron chi connectivity index (χ4n) is 2.80. The first-order chi connectivity index (χ1) is 9.89. The number of nitrogens with zero attached hydrogens (tertiary/aromatic N) is 1. The molecule has 0 spiro atoms. The highest BCUT2D eigenvalue weighted by Crippen LogP contribution is 2.33. The molecule has 2 aliphatic rings. The number of hydrogen-bond donors (Lipinski definition) is 2. The van der Waals surface area contributed by atoms with Crippen LogP contribution in [0.4, 0.5) is 4.79 Å². The first kappa shape index (κ1) is 16.4. The van der Waals surface area contributed by atoms with Gasteiger partial charge in [0.25, 0.3) is 0 Å². The summed E-state index contributed by atoms with van der Waals surface area (Å²) in [6.45, 7) is 6.55. The molecule has 2 saturated heterocycles. The predicted molar refractivity (Wildman–Crippen MR) is 81.4 cm³/mol. The summed E-state index contributed by atoms with van der Waals surface area (Å²) in [5.41, 5.74) is -0.426. The lowest BCUT2D eigenvalue weighted by atomic mass is 9.95. The molecule has 0 aromatic carbocycles. The summed E-state index contributed by atoms with van der Waals surface area (Å²) in [7, 11) is 0. The minimum Gasteiger partial charge on any atom is -0.480 e. The molecule has 2 fully saturated rings. The molecule has 21 heavy (non-hydrogen) atoms. The van der Waals surface area contributed by atoms with Gasteiger partial charge in [0, 0.05) is 12.4 Å². The van der Waals surface area contributed by atoms with Crippen molar-refractivity contribution in [1.29, 1.82) is 0 Å². The third-order valence-corrected chi connectivity index (χ3v) is 5.78. The molecule has 6 nitrogen and oxygen atoms in total. The molecule has 120 valence electrons. The van der Waals surface area contributed by atoms with Crippen LogP contribution in [-0.4, -0.2) is 57.4 Å². The van der Waals surface area contributed by atoms with Crippen LogP contribution in [0.1, 0.15) is 40.0 Å². The second kappa shape index (κ2) is 6.44. The summed E-state index contributed by atoms with van der Waals surface area (Å²) < 4.78 is 5.53. The summed E-state index contributed by atoms with van der Waals surface area (Å²) in [5.74, 6) is -0.479. The first-order valence-corrected chi connectivity index (χ1v) is 8.50. The fourth-order valence-corrected chi connectivity index (χ4v) is 4.32. The SMILES string of the molecule is CCCC1SCC(C(=O)O)N1C(=O)NC1(C)CCOC1C. The minimum atomic E-state index is -0.933. The maximum absolute atomic E-state index is 12.6. The summed E-state index contributed by atoms with van der Waals surface area (Å²) in [6.07, 6.45) is 2.41. The Morgan fingerprint density at radius 1 is 1.52 bits per heavy atom. The lowest BCUT2D eigenvalue weighted by Gasteiger charge is -2.34. The molecule has 2 heterocycles. The number of carboxylic acids is 1. The van der Waals surface area contributed by atoms with Gasteiger partial charge in [-0.2, -0.15) is 0 Å². The van der Waals surface area contributed by atoms with Crippen LogP contribution < -0.4 is 5.32 Å². The van der Waals surface area contributed by atoms with Crippen LogP contribution in [0.5, 0.6) is 0 Å². The predicted octanol–water partition coefficient (Wildman–Crippen LogP) is 1.89.